The lowest BCUT2D eigenvalue weighted by molar-refractivity contribution is 0.310. The Kier molecular flexibility index (Phi) is 16.0. The molecule has 0 saturated heterocycles. The van der Waals surface area contributed by atoms with Gasteiger partial charge in [-0.25, -0.2) is 5.53 Å². The third kappa shape index (κ3) is 11.6. The fourth-order valence-electron chi connectivity index (χ4n) is 4.03. The monoisotopic (exact) mass is 431 g/mol. The van der Waals surface area contributed by atoms with Crippen LogP contribution in [-0.2, 0) is 0 Å². The minimum Gasteiger partial charge on any atom is -0.491 e. The molecule has 1 aromatic rings. The highest BCUT2D eigenvalue weighted by Gasteiger charge is 2.14. The zero-order valence-corrected chi connectivity index (χ0v) is 21.0. The van der Waals surface area contributed by atoms with Gasteiger partial charge in [0.2, 0.25) is 0 Å². The third-order valence-electron chi connectivity index (χ3n) is 6.05. The van der Waals surface area contributed by atoms with Crippen molar-refractivity contribution in [1.82, 2.24) is 0 Å². The van der Waals surface area contributed by atoms with Gasteiger partial charge in [0.15, 0.2) is 0 Å². The summed E-state index contributed by atoms with van der Waals surface area (Å²) in [6, 6.07) is 4.33. The number of hydrogen-bond donors (Lipinski definition) is 1. The van der Waals surface area contributed by atoms with Crippen LogP contribution >= 0.6 is 0 Å². The molecule has 0 aromatic heterocycles. The maximum absolute atomic E-state index is 7.60. The molecule has 0 saturated carbocycles. The van der Waals surface area contributed by atoms with Crippen molar-refractivity contribution < 1.29 is 4.74 Å². The molecule has 0 fully saturated rings. The Morgan fingerprint density at radius 1 is 0.742 bits per heavy atom. The summed E-state index contributed by atoms with van der Waals surface area (Å²) in [6.45, 7) is 11.7. The standard InChI is InChI=1S/C27H49N3O/c1-5-8-11-13-15-17-19-30(20-18-16-14-12-9-6-2)25-22-24(4)27(29-28)26(23-25)31-21-10-7-3/h22-23,28H,5-21H2,1-4H3. The van der Waals surface area contributed by atoms with Crippen molar-refractivity contribution in [2.75, 3.05) is 24.6 Å². The van der Waals surface area contributed by atoms with E-state index in [2.05, 4.69) is 49.8 Å². The highest BCUT2D eigenvalue weighted by Crippen LogP contribution is 2.36. The smallest absolute Gasteiger partial charge is 0.149 e. The average Bonchev–Trinajstić information content (AvgIpc) is 2.77. The molecule has 4 nitrogen and oxygen atoms in total. The summed E-state index contributed by atoms with van der Waals surface area (Å²) < 4.78 is 6.04. The predicted molar refractivity (Wildman–Crippen MR) is 135 cm³/mol. The van der Waals surface area contributed by atoms with E-state index in [0.717, 1.165) is 37.2 Å². The van der Waals surface area contributed by atoms with Crippen LogP contribution in [0.3, 0.4) is 0 Å². The normalized spacial score (nSPS) is 11.0. The molecule has 31 heavy (non-hydrogen) atoms. The van der Waals surface area contributed by atoms with E-state index in [9.17, 15) is 0 Å². The highest BCUT2D eigenvalue weighted by atomic mass is 16.5. The quantitative estimate of drug-likeness (QED) is 0.165. The molecule has 1 N–H and O–H groups in total. The van der Waals surface area contributed by atoms with Crippen LogP contribution in [0.5, 0.6) is 5.75 Å². The SMILES string of the molecule is CCCCCCCCN(CCCCCCCC)c1cc(C)c(N=N)c(OCCCC)c1. The van der Waals surface area contributed by atoms with Crippen LogP contribution in [0.2, 0.25) is 0 Å². The minimum atomic E-state index is 0.680. The summed E-state index contributed by atoms with van der Waals surface area (Å²) in [5, 5.41) is 3.76. The molecule has 0 heterocycles. The maximum Gasteiger partial charge on any atom is 0.149 e. The second-order valence-corrected chi connectivity index (χ2v) is 8.95. The number of unbranched alkanes of at least 4 members (excludes halogenated alkanes) is 11. The molecule has 0 aliphatic heterocycles. The molecule has 0 aliphatic rings. The zero-order valence-electron chi connectivity index (χ0n) is 21.0. The molecule has 4 heteroatoms. The number of benzene rings is 1. The summed E-state index contributed by atoms with van der Waals surface area (Å²) in [7, 11) is 0. The van der Waals surface area contributed by atoms with Crippen LogP contribution in [0.1, 0.15) is 116 Å². The third-order valence-corrected chi connectivity index (χ3v) is 6.05. The van der Waals surface area contributed by atoms with Gasteiger partial charge in [-0.15, -0.1) is 0 Å². The fourth-order valence-corrected chi connectivity index (χ4v) is 4.03. The summed E-state index contributed by atoms with van der Waals surface area (Å²) in [6.07, 6.45) is 18.0. The van der Waals surface area contributed by atoms with Gasteiger partial charge in [-0.2, -0.15) is 5.11 Å². The largest absolute Gasteiger partial charge is 0.491 e. The van der Waals surface area contributed by atoms with Gasteiger partial charge in [-0.05, 0) is 37.8 Å². The van der Waals surface area contributed by atoms with Crippen molar-refractivity contribution in [1.29, 1.82) is 5.53 Å². The van der Waals surface area contributed by atoms with Gasteiger partial charge in [0.05, 0.1) is 6.61 Å². The van der Waals surface area contributed by atoms with Crippen LogP contribution in [0.25, 0.3) is 0 Å². The Morgan fingerprint density at radius 2 is 1.26 bits per heavy atom. The average molecular weight is 432 g/mol. The van der Waals surface area contributed by atoms with E-state index >= 15 is 0 Å². The molecular formula is C27H49N3O. The predicted octanol–water partition coefficient (Wildman–Crippen LogP) is 9.36. The minimum absolute atomic E-state index is 0.680. The number of hydrogen-bond acceptors (Lipinski definition) is 4. The first-order valence-corrected chi connectivity index (χ1v) is 13.1. The van der Waals surface area contributed by atoms with Crippen molar-refractivity contribution in [2.24, 2.45) is 5.11 Å². The van der Waals surface area contributed by atoms with Gasteiger partial charge in [0.25, 0.3) is 0 Å². The molecule has 1 aromatic carbocycles. The summed E-state index contributed by atoms with van der Waals surface area (Å²) in [4.78, 5) is 2.55. The number of ether oxygens (including phenoxy) is 1. The molecule has 0 radical (unpaired) electrons. The lowest BCUT2D eigenvalue weighted by Crippen LogP contribution is -2.26. The van der Waals surface area contributed by atoms with Crippen molar-refractivity contribution in [3.05, 3.63) is 17.7 Å². The van der Waals surface area contributed by atoms with E-state index < -0.39 is 0 Å². The number of nitrogens with zero attached hydrogens (tertiary/aromatic N) is 2. The van der Waals surface area contributed by atoms with E-state index in [4.69, 9.17) is 10.3 Å². The van der Waals surface area contributed by atoms with E-state index in [1.54, 1.807) is 0 Å². The first-order chi connectivity index (χ1) is 15.2. The Bertz CT molecular complexity index is 572. The van der Waals surface area contributed by atoms with Gasteiger partial charge >= 0.3 is 0 Å². The first-order valence-electron chi connectivity index (χ1n) is 13.1. The number of rotatable bonds is 20. The van der Waals surface area contributed by atoms with Crippen molar-refractivity contribution in [3.8, 4) is 5.75 Å². The first kappa shape index (κ1) is 27.5. The van der Waals surface area contributed by atoms with Gasteiger partial charge < -0.3 is 9.64 Å². The van der Waals surface area contributed by atoms with E-state index in [-0.39, 0.29) is 0 Å². The van der Waals surface area contributed by atoms with Gasteiger partial charge in [0.1, 0.15) is 11.4 Å². The van der Waals surface area contributed by atoms with Crippen LogP contribution < -0.4 is 9.64 Å². The van der Waals surface area contributed by atoms with Gasteiger partial charge in [0, 0.05) is 24.8 Å². The molecule has 0 atom stereocenters. The zero-order chi connectivity index (χ0) is 22.7. The van der Waals surface area contributed by atoms with Crippen molar-refractivity contribution in [2.45, 2.75) is 118 Å². The lowest BCUT2D eigenvalue weighted by atomic mass is 10.1. The highest BCUT2D eigenvalue weighted by molar-refractivity contribution is 5.66. The molecule has 178 valence electrons. The maximum atomic E-state index is 7.60. The number of anilines is 1. The lowest BCUT2D eigenvalue weighted by Gasteiger charge is -2.26. The summed E-state index contributed by atoms with van der Waals surface area (Å²) in [5.74, 6) is 0.773. The van der Waals surface area contributed by atoms with Crippen molar-refractivity contribution in [3.63, 3.8) is 0 Å². The van der Waals surface area contributed by atoms with Crippen molar-refractivity contribution >= 4 is 11.4 Å². The Labute approximate surface area is 192 Å². The molecular weight excluding hydrogens is 382 g/mol. The molecule has 0 amide bonds. The van der Waals surface area contributed by atoms with Gasteiger partial charge in [-0.1, -0.05) is 91.4 Å². The Balaban J connectivity index is 2.81. The molecule has 1 rings (SSSR count). The Hall–Kier alpha value is -1.58. The second-order valence-electron chi connectivity index (χ2n) is 8.95. The summed E-state index contributed by atoms with van der Waals surface area (Å²) >= 11 is 0. The number of aryl methyl sites for hydroxylation is 1. The number of nitrogens with one attached hydrogen (secondary N) is 1. The molecule has 0 spiro atoms. The molecule has 0 bridgehead atoms. The van der Waals surface area contributed by atoms with E-state index in [0.29, 0.717) is 12.3 Å². The Morgan fingerprint density at radius 3 is 1.77 bits per heavy atom. The van der Waals surface area contributed by atoms with Crippen LogP contribution in [0, 0.1) is 12.5 Å². The van der Waals surface area contributed by atoms with E-state index in [1.807, 2.05) is 0 Å². The summed E-state index contributed by atoms with van der Waals surface area (Å²) in [5.41, 5.74) is 10.5. The van der Waals surface area contributed by atoms with Gasteiger partial charge in [-0.3, -0.25) is 0 Å². The van der Waals surface area contributed by atoms with Crippen LogP contribution in [-0.4, -0.2) is 19.7 Å². The second kappa shape index (κ2) is 18.0. The molecule has 0 aliphatic carbocycles. The fraction of sp³-hybridized carbons (Fsp3) is 0.778. The van der Waals surface area contributed by atoms with Crippen LogP contribution in [0.4, 0.5) is 11.4 Å². The van der Waals surface area contributed by atoms with Crippen LogP contribution in [0.15, 0.2) is 17.2 Å². The van der Waals surface area contributed by atoms with E-state index in [1.165, 1.54) is 82.7 Å². The topological polar surface area (TPSA) is 48.7 Å². The molecule has 0 unspecified atom stereocenters.